The molecule has 1 aliphatic heterocycles. The molecule has 2 aromatic carbocycles. The van der Waals surface area contributed by atoms with E-state index in [1.807, 2.05) is 31.2 Å². The number of rotatable bonds is 8. The fourth-order valence-electron chi connectivity index (χ4n) is 2.91. The Kier molecular flexibility index (Phi) is 7.66. The number of aryl methyl sites for hydroxylation is 1. The van der Waals surface area contributed by atoms with E-state index in [1.165, 1.54) is 12.0 Å². The molecule has 3 rings (SSSR count). The third kappa shape index (κ3) is 5.63. The van der Waals surface area contributed by atoms with Crippen molar-refractivity contribution in [1.29, 1.82) is 0 Å². The number of halogens is 1. The molecule has 0 spiro atoms. The molecule has 0 aromatic heterocycles. The molecule has 0 bridgehead atoms. The van der Waals surface area contributed by atoms with Gasteiger partial charge in [-0.25, -0.2) is 0 Å². The number of thioether (sulfide) groups is 1. The smallest absolute Gasteiger partial charge is 0.293 e. The summed E-state index contributed by atoms with van der Waals surface area (Å²) in [5.74, 6) is 3.58. The van der Waals surface area contributed by atoms with E-state index in [-0.39, 0.29) is 35.8 Å². The zero-order valence-electron chi connectivity index (χ0n) is 17.0. The Balaban J connectivity index is 1.77. The van der Waals surface area contributed by atoms with Crippen molar-refractivity contribution in [1.82, 2.24) is 4.90 Å². The van der Waals surface area contributed by atoms with Crippen LogP contribution in [0.15, 0.2) is 45.8 Å². The number of imide groups is 1. The molecule has 0 unspecified atom stereocenters. The standard InChI is InChI=1S/C23H20BrNO5S/c1-4-9-30-21-16(12-17(24)14-19(21)28-3)13-20-22(26)25(23(27)31-20)8-10-29-18-7-5-6-15(2)11-18/h1,5-7,11-14H,8-10H2,2-3H3/b20-13-. The van der Waals surface area contributed by atoms with E-state index in [1.54, 1.807) is 18.2 Å². The molecule has 0 N–H and O–H groups in total. The second-order valence-corrected chi connectivity index (χ2v) is 8.43. The van der Waals surface area contributed by atoms with Crippen molar-refractivity contribution in [3.05, 3.63) is 56.9 Å². The maximum absolute atomic E-state index is 12.8. The van der Waals surface area contributed by atoms with E-state index in [2.05, 4.69) is 21.9 Å². The molecule has 0 atom stereocenters. The monoisotopic (exact) mass is 501 g/mol. The van der Waals surface area contributed by atoms with Crippen molar-refractivity contribution in [3.63, 3.8) is 0 Å². The van der Waals surface area contributed by atoms with E-state index in [0.717, 1.165) is 21.8 Å². The van der Waals surface area contributed by atoms with Gasteiger partial charge in [0.15, 0.2) is 11.5 Å². The Labute approximate surface area is 193 Å². The molecule has 1 heterocycles. The van der Waals surface area contributed by atoms with Crippen LogP contribution in [-0.2, 0) is 4.79 Å². The van der Waals surface area contributed by atoms with E-state index in [9.17, 15) is 9.59 Å². The number of methoxy groups -OCH3 is 1. The van der Waals surface area contributed by atoms with Crippen LogP contribution < -0.4 is 14.2 Å². The predicted molar refractivity (Wildman–Crippen MR) is 124 cm³/mol. The molecule has 1 saturated heterocycles. The summed E-state index contributed by atoms with van der Waals surface area (Å²) in [5.41, 5.74) is 1.64. The molecule has 1 fully saturated rings. The summed E-state index contributed by atoms with van der Waals surface area (Å²) in [6.07, 6.45) is 6.91. The third-order valence-electron chi connectivity index (χ3n) is 4.30. The van der Waals surface area contributed by atoms with Crippen LogP contribution in [0.25, 0.3) is 6.08 Å². The summed E-state index contributed by atoms with van der Waals surface area (Å²) in [6, 6.07) is 11.1. The van der Waals surface area contributed by atoms with Gasteiger partial charge in [0.05, 0.1) is 18.6 Å². The summed E-state index contributed by atoms with van der Waals surface area (Å²) in [4.78, 5) is 26.7. The van der Waals surface area contributed by atoms with Crippen LogP contribution in [0.5, 0.6) is 17.2 Å². The summed E-state index contributed by atoms with van der Waals surface area (Å²) >= 11 is 4.28. The molecule has 0 aliphatic carbocycles. The van der Waals surface area contributed by atoms with Gasteiger partial charge in [-0.1, -0.05) is 34.0 Å². The van der Waals surface area contributed by atoms with Gasteiger partial charge >= 0.3 is 0 Å². The third-order valence-corrected chi connectivity index (χ3v) is 5.67. The molecule has 1 aliphatic rings. The number of hydrogen-bond acceptors (Lipinski definition) is 6. The molecular formula is C23H20BrNO5S. The number of nitrogens with zero attached hydrogens (tertiary/aromatic N) is 1. The van der Waals surface area contributed by atoms with Gasteiger partial charge in [0.2, 0.25) is 0 Å². The number of carbonyl (C=O) groups is 2. The van der Waals surface area contributed by atoms with Gasteiger partial charge in [0, 0.05) is 10.0 Å². The molecule has 0 saturated carbocycles. The van der Waals surface area contributed by atoms with Gasteiger partial charge in [0.1, 0.15) is 19.0 Å². The number of ether oxygens (including phenoxy) is 3. The maximum Gasteiger partial charge on any atom is 0.293 e. The van der Waals surface area contributed by atoms with Crippen molar-refractivity contribution in [3.8, 4) is 29.6 Å². The van der Waals surface area contributed by atoms with E-state index < -0.39 is 0 Å². The van der Waals surface area contributed by atoms with Crippen LogP contribution in [0.1, 0.15) is 11.1 Å². The Bertz CT molecular complexity index is 1080. The Morgan fingerprint density at radius 3 is 2.74 bits per heavy atom. The van der Waals surface area contributed by atoms with E-state index in [0.29, 0.717) is 22.8 Å². The highest BCUT2D eigenvalue weighted by Gasteiger charge is 2.35. The van der Waals surface area contributed by atoms with Crippen LogP contribution in [0.4, 0.5) is 4.79 Å². The first-order chi connectivity index (χ1) is 14.9. The summed E-state index contributed by atoms with van der Waals surface area (Å²) in [5, 5.41) is -0.350. The molecule has 0 radical (unpaired) electrons. The fourth-order valence-corrected chi connectivity index (χ4v) is 4.22. The normalized spacial score (nSPS) is 14.6. The Hall–Kier alpha value is -2.89. The SMILES string of the molecule is C#CCOc1c(/C=C2\SC(=O)N(CCOc3cccc(C)c3)C2=O)cc(Br)cc1OC. The van der Waals surface area contributed by atoms with Gasteiger partial charge in [-0.15, -0.1) is 6.42 Å². The Morgan fingerprint density at radius 2 is 2.03 bits per heavy atom. The first-order valence-corrected chi connectivity index (χ1v) is 10.9. The quantitative estimate of drug-likeness (QED) is 0.378. The van der Waals surface area contributed by atoms with Gasteiger partial charge < -0.3 is 14.2 Å². The van der Waals surface area contributed by atoms with Crippen LogP contribution >= 0.6 is 27.7 Å². The lowest BCUT2D eigenvalue weighted by Crippen LogP contribution is -2.32. The number of amides is 2. The lowest BCUT2D eigenvalue weighted by molar-refractivity contribution is -0.123. The molecular weight excluding hydrogens is 482 g/mol. The number of hydrogen-bond donors (Lipinski definition) is 0. The van der Waals surface area contributed by atoms with Gasteiger partial charge in [-0.05, 0) is 54.6 Å². The zero-order chi connectivity index (χ0) is 22.4. The van der Waals surface area contributed by atoms with Crippen molar-refractivity contribution < 1.29 is 23.8 Å². The van der Waals surface area contributed by atoms with E-state index >= 15 is 0 Å². The van der Waals surface area contributed by atoms with Crippen molar-refractivity contribution in [2.45, 2.75) is 6.92 Å². The number of terminal acetylenes is 1. The molecule has 160 valence electrons. The first kappa shape index (κ1) is 22.8. The van der Waals surface area contributed by atoms with Crippen LogP contribution in [0.3, 0.4) is 0 Å². The number of benzene rings is 2. The van der Waals surface area contributed by atoms with Gasteiger partial charge in [-0.3, -0.25) is 14.5 Å². The minimum Gasteiger partial charge on any atom is -0.493 e. The molecule has 2 aromatic rings. The second-order valence-electron chi connectivity index (χ2n) is 6.52. The lowest BCUT2D eigenvalue weighted by atomic mass is 10.1. The highest BCUT2D eigenvalue weighted by molar-refractivity contribution is 9.10. The summed E-state index contributed by atoms with van der Waals surface area (Å²) in [6.45, 7) is 2.36. The zero-order valence-corrected chi connectivity index (χ0v) is 19.4. The highest BCUT2D eigenvalue weighted by atomic mass is 79.9. The first-order valence-electron chi connectivity index (χ1n) is 9.31. The largest absolute Gasteiger partial charge is 0.493 e. The van der Waals surface area contributed by atoms with Crippen LogP contribution in [-0.4, -0.2) is 42.9 Å². The van der Waals surface area contributed by atoms with E-state index in [4.69, 9.17) is 20.6 Å². The second kappa shape index (κ2) is 10.4. The van der Waals surface area contributed by atoms with Crippen molar-refractivity contribution in [2.24, 2.45) is 0 Å². The maximum atomic E-state index is 12.8. The number of carbonyl (C=O) groups excluding carboxylic acids is 2. The highest BCUT2D eigenvalue weighted by Crippen LogP contribution is 2.39. The molecule has 6 nitrogen and oxygen atoms in total. The van der Waals surface area contributed by atoms with Crippen molar-refractivity contribution in [2.75, 3.05) is 26.9 Å². The summed E-state index contributed by atoms with van der Waals surface area (Å²) in [7, 11) is 1.51. The lowest BCUT2D eigenvalue weighted by Gasteiger charge is -2.14. The molecule has 31 heavy (non-hydrogen) atoms. The summed E-state index contributed by atoms with van der Waals surface area (Å²) < 4.78 is 17.4. The molecule has 2 amide bonds. The average Bonchev–Trinajstić information content (AvgIpc) is 3.00. The minimum atomic E-state index is -0.385. The average molecular weight is 502 g/mol. The fraction of sp³-hybridized carbons (Fsp3) is 0.217. The topological polar surface area (TPSA) is 65.1 Å². The minimum absolute atomic E-state index is 0.0383. The predicted octanol–water partition coefficient (Wildman–Crippen LogP) is 4.89. The Morgan fingerprint density at radius 1 is 1.23 bits per heavy atom. The molecule has 8 heteroatoms. The van der Waals surface area contributed by atoms with Crippen LogP contribution in [0.2, 0.25) is 0 Å². The van der Waals surface area contributed by atoms with Crippen molar-refractivity contribution >= 4 is 44.9 Å². The van der Waals surface area contributed by atoms with Crippen LogP contribution in [0, 0.1) is 19.3 Å². The van der Waals surface area contributed by atoms with Gasteiger partial charge in [-0.2, -0.15) is 0 Å². The van der Waals surface area contributed by atoms with Gasteiger partial charge in [0.25, 0.3) is 11.1 Å².